The quantitative estimate of drug-likeness (QED) is 0.592. The van der Waals surface area contributed by atoms with Gasteiger partial charge >= 0.3 is 0 Å². The fraction of sp³-hybridized carbons (Fsp3) is 1.00. The largest absolute Gasteiger partial charge is 0.313 e. The molecule has 3 N–H and O–H groups in total. The van der Waals surface area contributed by atoms with E-state index >= 15 is 0 Å². The second-order valence-electron chi connectivity index (χ2n) is 5.51. The molecule has 5 heteroatoms. The van der Waals surface area contributed by atoms with Crippen LogP contribution in [-0.2, 0) is 0 Å². The summed E-state index contributed by atoms with van der Waals surface area (Å²) in [6.07, 6.45) is 2.14. The minimum Gasteiger partial charge on any atom is -0.313 e. The van der Waals surface area contributed by atoms with Crippen molar-refractivity contribution in [2.75, 3.05) is 32.6 Å². The lowest BCUT2D eigenvalue weighted by Crippen LogP contribution is -2.58. The summed E-state index contributed by atoms with van der Waals surface area (Å²) >= 11 is 1.82. The van der Waals surface area contributed by atoms with E-state index in [1.165, 1.54) is 0 Å². The highest BCUT2D eigenvalue weighted by Gasteiger charge is 2.37. The first-order valence-corrected chi connectivity index (χ1v) is 7.66. The van der Waals surface area contributed by atoms with E-state index in [0.29, 0.717) is 12.1 Å². The first-order valence-electron chi connectivity index (χ1n) is 6.48. The Morgan fingerprint density at radius 2 is 1.71 bits per heavy atom. The fourth-order valence-electron chi connectivity index (χ4n) is 1.93. The summed E-state index contributed by atoms with van der Waals surface area (Å²) in [6.45, 7) is 12.9. The Kier molecular flexibility index (Phi) is 6.23. The zero-order valence-electron chi connectivity index (χ0n) is 11.8. The second kappa shape index (κ2) is 6.95. The fourth-order valence-corrected chi connectivity index (χ4v) is 2.50. The topological polar surface area (TPSA) is 39.3 Å². The van der Waals surface area contributed by atoms with Gasteiger partial charge in [0.05, 0.1) is 12.2 Å². The average Bonchev–Trinajstić information content (AvgIpc) is 2.68. The molecule has 0 aromatic heterocycles. The minimum absolute atomic E-state index is 0.164. The highest BCUT2D eigenvalue weighted by atomic mass is 32.2. The summed E-state index contributed by atoms with van der Waals surface area (Å²) in [5, 5.41) is 10.8. The molecule has 0 saturated carbocycles. The van der Waals surface area contributed by atoms with Crippen molar-refractivity contribution in [2.45, 2.75) is 45.3 Å². The summed E-state index contributed by atoms with van der Waals surface area (Å²) in [5.41, 5.74) is 0.164. The molecule has 0 atom stereocenters. The Bertz CT molecular complexity index is 209. The third-order valence-corrected chi connectivity index (χ3v) is 3.84. The number of rotatable bonds is 7. The van der Waals surface area contributed by atoms with Crippen LogP contribution in [0.3, 0.4) is 0 Å². The van der Waals surface area contributed by atoms with Crippen LogP contribution in [-0.4, -0.2) is 54.5 Å². The molecule has 0 radical (unpaired) electrons. The standard InChI is InChI=1S/C12H28N4S/c1-10(2)13-6-12(7-14-11(3)4)8-16(17-5)9-15-12/h10-11,13-15H,6-9H2,1-5H3. The van der Waals surface area contributed by atoms with Gasteiger partial charge in [-0.1, -0.05) is 39.6 Å². The van der Waals surface area contributed by atoms with Crippen LogP contribution in [0.2, 0.25) is 0 Å². The van der Waals surface area contributed by atoms with Crippen LogP contribution in [0.1, 0.15) is 27.7 Å². The SMILES string of the molecule is CSN1CNC(CNC(C)C)(CNC(C)C)C1. The normalized spacial score (nSPS) is 20.6. The van der Waals surface area contributed by atoms with Crippen LogP contribution in [0.15, 0.2) is 0 Å². The molecule has 0 aromatic rings. The van der Waals surface area contributed by atoms with Crippen molar-refractivity contribution in [1.29, 1.82) is 0 Å². The molecule has 0 spiro atoms. The van der Waals surface area contributed by atoms with E-state index in [1.54, 1.807) is 0 Å². The number of hydrogen-bond acceptors (Lipinski definition) is 5. The van der Waals surface area contributed by atoms with Crippen molar-refractivity contribution >= 4 is 11.9 Å². The van der Waals surface area contributed by atoms with Crippen LogP contribution in [0, 0.1) is 0 Å². The van der Waals surface area contributed by atoms with Gasteiger partial charge in [-0.05, 0) is 6.26 Å². The molecule has 17 heavy (non-hydrogen) atoms. The van der Waals surface area contributed by atoms with Crippen molar-refractivity contribution in [3.63, 3.8) is 0 Å². The molecule has 0 aromatic carbocycles. The molecule has 4 nitrogen and oxygen atoms in total. The van der Waals surface area contributed by atoms with E-state index in [-0.39, 0.29) is 5.54 Å². The molecule has 1 heterocycles. The predicted octanol–water partition coefficient (Wildman–Crippen LogP) is 0.862. The van der Waals surface area contributed by atoms with Crippen molar-refractivity contribution in [3.05, 3.63) is 0 Å². The molecule has 1 aliphatic heterocycles. The Balaban J connectivity index is 2.52. The number of nitrogens with zero attached hydrogens (tertiary/aromatic N) is 1. The van der Waals surface area contributed by atoms with E-state index in [4.69, 9.17) is 0 Å². The summed E-state index contributed by atoms with van der Waals surface area (Å²) in [5.74, 6) is 0. The van der Waals surface area contributed by atoms with E-state index in [1.807, 2.05) is 11.9 Å². The van der Waals surface area contributed by atoms with Gasteiger partial charge in [-0.25, -0.2) is 4.31 Å². The maximum atomic E-state index is 3.66. The molecular weight excluding hydrogens is 232 g/mol. The first kappa shape index (κ1) is 15.2. The average molecular weight is 260 g/mol. The van der Waals surface area contributed by atoms with Crippen LogP contribution < -0.4 is 16.0 Å². The maximum Gasteiger partial charge on any atom is 0.0587 e. The molecule has 1 rings (SSSR count). The third kappa shape index (κ3) is 5.14. The maximum absolute atomic E-state index is 3.66. The number of nitrogens with one attached hydrogen (secondary N) is 3. The molecule has 0 unspecified atom stereocenters. The predicted molar refractivity (Wildman–Crippen MR) is 77.2 cm³/mol. The Morgan fingerprint density at radius 3 is 2.06 bits per heavy atom. The first-order chi connectivity index (χ1) is 7.97. The molecule has 0 amide bonds. The van der Waals surface area contributed by atoms with Gasteiger partial charge in [-0.3, -0.25) is 5.32 Å². The summed E-state index contributed by atoms with van der Waals surface area (Å²) in [4.78, 5) is 0. The van der Waals surface area contributed by atoms with E-state index in [0.717, 1.165) is 26.3 Å². The zero-order valence-corrected chi connectivity index (χ0v) is 12.7. The van der Waals surface area contributed by atoms with Crippen molar-refractivity contribution in [3.8, 4) is 0 Å². The third-order valence-electron chi connectivity index (χ3n) is 3.07. The van der Waals surface area contributed by atoms with Gasteiger partial charge < -0.3 is 10.6 Å². The van der Waals surface area contributed by atoms with Crippen LogP contribution >= 0.6 is 11.9 Å². The van der Waals surface area contributed by atoms with E-state index in [9.17, 15) is 0 Å². The van der Waals surface area contributed by atoms with Crippen molar-refractivity contribution in [2.24, 2.45) is 0 Å². The lowest BCUT2D eigenvalue weighted by atomic mass is 10.00. The second-order valence-corrected chi connectivity index (χ2v) is 6.39. The van der Waals surface area contributed by atoms with Crippen LogP contribution in [0.5, 0.6) is 0 Å². The molecule has 1 aliphatic rings. The van der Waals surface area contributed by atoms with Gasteiger partial charge in [0.15, 0.2) is 0 Å². The lowest BCUT2D eigenvalue weighted by Gasteiger charge is -2.31. The van der Waals surface area contributed by atoms with E-state index < -0.39 is 0 Å². The molecule has 1 fully saturated rings. The molecule has 1 saturated heterocycles. The molecule has 0 bridgehead atoms. The Labute approximate surface area is 110 Å². The highest BCUT2D eigenvalue weighted by Crippen LogP contribution is 2.18. The monoisotopic (exact) mass is 260 g/mol. The molecular formula is C12H28N4S. The summed E-state index contributed by atoms with van der Waals surface area (Å²) in [6, 6.07) is 1.08. The van der Waals surface area contributed by atoms with Crippen molar-refractivity contribution < 1.29 is 0 Å². The summed E-state index contributed by atoms with van der Waals surface area (Å²) in [7, 11) is 0. The Hall–Kier alpha value is 0.190. The Morgan fingerprint density at radius 1 is 1.18 bits per heavy atom. The van der Waals surface area contributed by atoms with Crippen LogP contribution in [0.25, 0.3) is 0 Å². The van der Waals surface area contributed by atoms with Gasteiger partial charge in [0, 0.05) is 31.7 Å². The molecule has 102 valence electrons. The zero-order chi connectivity index (χ0) is 12.9. The van der Waals surface area contributed by atoms with Gasteiger partial charge in [0.1, 0.15) is 0 Å². The van der Waals surface area contributed by atoms with Gasteiger partial charge in [0.2, 0.25) is 0 Å². The van der Waals surface area contributed by atoms with E-state index in [2.05, 4.69) is 54.2 Å². The lowest BCUT2D eigenvalue weighted by molar-refractivity contribution is 0.324. The van der Waals surface area contributed by atoms with Crippen LogP contribution in [0.4, 0.5) is 0 Å². The number of hydrogen-bond donors (Lipinski definition) is 3. The minimum atomic E-state index is 0.164. The smallest absolute Gasteiger partial charge is 0.0587 e. The highest BCUT2D eigenvalue weighted by molar-refractivity contribution is 7.96. The summed E-state index contributed by atoms with van der Waals surface area (Å²) < 4.78 is 2.38. The van der Waals surface area contributed by atoms with Crippen molar-refractivity contribution in [1.82, 2.24) is 20.3 Å². The molecule has 0 aliphatic carbocycles. The van der Waals surface area contributed by atoms with Gasteiger partial charge in [-0.15, -0.1) is 0 Å². The van der Waals surface area contributed by atoms with Gasteiger partial charge in [-0.2, -0.15) is 0 Å². The van der Waals surface area contributed by atoms with Gasteiger partial charge in [0.25, 0.3) is 0 Å².